The zero-order chi connectivity index (χ0) is 19.7. The molecule has 1 saturated carbocycles. The van der Waals surface area contributed by atoms with Crippen LogP contribution < -0.4 is 0 Å². The Morgan fingerprint density at radius 3 is 2.57 bits per heavy atom. The van der Waals surface area contributed by atoms with E-state index < -0.39 is 21.2 Å². The summed E-state index contributed by atoms with van der Waals surface area (Å²) in [4.78, 5) is 15.5. The van der Waals surface area contributed by atoms with E-state index >= 15 is 0 Å². The maximum Gasteiger partial charge on any atom is 0.310 e. The first kappa shape index (κ1) is 19.5. The molecule has 2 heterocycles. The van der Waals surface area contributed by atoms with Crippen molar-refractivity contribution in [3.8, 4) is 0 Å². The summed E-state index contributed by atoms with van der Waals surface area (Å²) in [5, 5.41) is 0.584. The number of nitrogens with zero attached hydrogens (tertiary/aromatic N) is 1. The van der Waals surface area contributed by atoms with Crippen molar-refractivity contribution in [3.63, 3.8) is 0 Å². The van der Waals surface area contributed by atoms with Crippen molar-refractivity contribution in [1.82, 2.24) is 9.29 Å². The fraction of sp³-hybridized carbons (Fsp3) is 0.571. The summed E-state index contributed by atoms with van der Waals surface area (Å²) in [6.45, 7) is 1.02. The summed E-state index contributed by atoms with van der Waals surface area (Å²) in [5.74, 6) is -0.567. The molecule has 1 N–H and O–H groups in total. The van der Waals surface area contributed by atoms with Gasteiger partial charge in [-0.1, -0.05) is 31.0 Å². The molecule has 2 aliphatic rings. The number of H-pyrrole nitrogens is 1. The Labute approximate surface area is 166 Å². The van der Waals surface area contributed by atoms with Gasteiger partial charge in [0.15, 0.2) is 0 Å². The highest BCUT2D eigenvalue weighted by Crippen LogP contribution is 2.37. The number of methoxy groups -OCH3 is 1. The van der Waals surface area contributed by atoms with Gasteiger partial charge in [-0.15, -0.1) is 0 Å². The quantitative estimate of drug-likeness (QED) is 0.792. The maximum absolute atomic E-state index is 13.3. The standard InChI is InChI=1S/C21H28N2O4S/c1-27-21(24)17-7-3-5-9-20(17)28(25,26)23-12-10-15(11-13-23)18-14-22-19-8-4-2-6-16(18)19/h2,4,6,8,14-15,17,20,22H,3,5,7,9-13H2,1H3/t17-,20-/m1/s1. The third-order valence-corrected chi connectivity index (χ3v) is 8.88. The van der Waals surface area contributed by atoms with Crippen molar-refractivity contribution in [2.75, 3.05) is 20.2 Å². The fourth-order valence-corrected chi connectivity index (χ4v) is 7.15. The molecule has 0 bridgehead atoms. The smallest absolute Gasteiger partial charge is 0.310 e. The number of hydrogen-bond donors (Lipinski definition) is 1. The van der Waals surface area contributed by atoms with Crippen LogP contribution in [-0.2, 0) is 19.6 Å². The Bertz CT molecular complexity index is 944. The van der Waals surface area contributed by atoms with E-state index in [1.165, 1.54) is 18.1 Å². The number of hydrogen-bond acceptors (Lipinski definition) is 4. The van der Waals surface area contributed by atoms with Crippen molar-refractivity contribution < 1.29 is 17.9 Å². The van der Waals surface area contributed by atoms with E-state index in [0.29, 0.717) is 31.8 Å². The van der Waals surface area contributed by atoms with E-state index in [9.17, 15) is 13.2 Å². The zero-order valence-corrected chi connectivity index (χ0v) is 17.1. The van der Waals surface area contributed by atoms with Crippen molar-refractivity contribution in [2.45, 2.75) is 49.7 Å². The van der Waals surface area contributed by atoms with Gasteiger partial charge in [0.2, 0.25) is 10.0 Å². The van der Waals surface area contributed by atoms with Crippen LogP contribution in [0.1, 0.15) is 50.0 Å². The van der Waals surface area contributed by atoms with E-state index in [2.05, 4.69) is 23.3 Å². The predicted octanol–water partition coefficient (Wildman–Crippen LogP) is 3.41. The summed E-state index contributed by atoms with van der Waals surface area (Å²) in [6, 6.07) is 8.23. The van der Waals surface area contributed by atoms with E-state index in [4.69, 9.17) is 4.74 Å². The minimum atomic E-state index is -3.50. The Hall–Kier alpha value is -1.86. The van der Waals surface area contributed by atoms with E-state index in [1.807, 2.05) is 12.1 Å². The third kappa shape index (κ3) is 3.46. The molecule has 1 aliphatic carbocycles. The Balaban J connectivity index is 1.48. The normalized spacial score (nSPS) is 25.0. The monoisotopic (exact) mass is 404 g/mol. The van der Waals surface area contributed by atoms with E-state index in [-0.39, 0.29) is 5.97 Å². The fourth-order valence-electron chi connectivity index (χ4n) is 4.92. The topological polar surface area (TPSA) is 79.5 Å². The number of rotatable bonds is 4. The molecule has 7 heteroatoms. The van der Waals surface area contributed by atoms with Crippen molar-refractivity contribution in [2.24, 2.45) is 5.92 Å². The molecule has 2 atom stereocenters. The highest BCUT2D eigenvalue weighted by Gasteiger charge is 2.44. The largest absolute Gasteiger partial charge is 0.469 e. The van der Waals surface area contributed by atoms with Crippen LogP contribution in [0, 0.1) is 5.92 Å². The molecular formula is C21H28N2O4S. The summed E-state index contributed by atoms with van der Waals surface area (Å²) in [6.07, 6.45) is 6.55. The first-order valence-corrected chi connectivity index (χ1v) is 11.7. The second-order valence-corrected chi connectivity index (χ2v) is 10.1. The van der Waals surface area contributed by atoms with Gasteiger partial charge in [-0.25, -0.2) is 12.7 Å². The zero-order valence-electron chi connectivity index (χ0n) is 16.3. The Kier molecular flexibility index (Phi) is 5.47. The van der Waals surface area contributed by atoms with Crippen molar-refractivity contribution in [3.05, 3.63) is 36.0 Å². The molecule has 6 nitrogen and oxygen atoms in total. The molecule has 1 aromatic heterocycles. The number of sulfonamides is 1. The van der Waals surface area contributed by atoms with Crippen LogP contribution in [0.25, 0.3) is 10.9 Å². The second-order valence-electron chi connectivity index (χ2n) is 7.96. The minimum Gasteiger partial charge on any atom is -0.469 e. The molecular weight excluding hydrogens is 376 g/mol. The predicted molar refractivity (Wildman–Crippen MR) is 109 cm³/mol. The summed E-state index contributed by atoms with van der Waals surface area (Å²) >= 11 is 0. The molecule has 0 spiro atoms. The lowest BCUT2D eigenvalue weighted by atomic mass is 9.89. The molecule has 28 heavy (non-hydrogen) atoms. The lowest BCUT2D eigenvalue weighted by Gasteiger charge is -2.37. The molecule has 1 aliphatic heterocycles. The van der Waals surface area contributed by atoms with Gasteiger partial charge in [0.1, 0.15) is 0 Å². The number of aromatic nitrogens is 1. The Morgan fingerprint density at radius 2 is 1.82 bits per heavy atom. The van der Waals surface area contributed by atoms with Gasteiger partial charge in [-0.05, 0) is 43.2 Å². The molecule has 2 fully saturated rings. The SMILES string of the molecule is COC(=O)[C@@H]1CCCC[C@H]1S(=O)(=O)N1CCC(c2c[nH]c3ccccc23)CC1. The van der Waals surface area contributed by atoms with Crippen LogP contribution in [0.4, 0.5) is 0 Å². The number of para-hydroxylation sites is 1. The molecule has 152 valence electrons. The number of ether oxygens (including phenoxy) is 1. The minimum absolute atomic E-state index is 0.352. The number of carbonyl (C=O) groups is 1. The molecule has 0 amide bonds. The van der Waals surface area contributed by atoms with Crippen LogP contribution in [0.5, 0.6) is 0 Å². The molecule has 1 aromatic carbocycles. The maximum atomic E-state index is 13.3. The van der Waals surface area contributed by atoms with Crippen LogP contribution >= 0.6 is 0 Å². The van der Waals surface area contributed by atoms with Crippen LogP contribution in [0.2, 0.25) is 0 Å². The van der Waals surface area contributed by atoms with Gasteiger partial charge < -0.3 is 9.72 Å². The lowest BCUT2D eigenvalue weighted by Crippen LogP contribution is -2.48. The van der Waals surface area contributed by atoms with Crippen LogP contribution in [0.15, 0.2) is 30.5 Å². The molecule has 0 unspecified atom stereocenters. The number of nitrogens with one attached hydrogen (secondary N) is 1. The number of aromatic amines is 1. The highest BCUT2D eigenvalue weighted by atomic mass is 32.2. The summed E-state index contributed by atoms with van der Waals surface area (Å²) < 4.78 is 33.1. The van der Waals surface area contributed by atoms with Gasteiger partial charge in [-0.3, -0.25) is 4.79 Å². The summed E-state index contributed by atoms with van der Waals surface area (Å²) in [5.41, 5.74) is 2.40. The highest BCUT2D eigenvalue weighted by molar-refractivity contribution is 7.89. The first-order valence-electron chi connectivity index (χ1n) is 10.1. The van der Waals surface area contributed by atoms with Crippen LogP contribution in [0.3, 0.4) is 0 Å². The molecule has 1 saturated heterocycles. The van der Waals surface area contributed by atoms with Gasteiger partial charge in [-0.2, -0.15) is 0 Å². The number of fused-ring (bicyclic) bond motifs is 1. The van der Waals surface area contributed by atoms with E-state index in [1.54, 1.807) is 4.31 Å². The summed E-state index contributed by atoms with van der Waals surface area (Å²) in [7, 11) is -2.16. The molecule has 4 rings (SSSR count). The van der Waals surface area contributed by atoms with Gasteiger partial charge in [0.25, 0.3) is 0 Å². The van der Waals surface area contributed by atoms with E-state index in [0.717, 1.165) is 31.2 Å². The number of piperidine rings is 1. The second kappa shape index (κ2) is 7.87. The van der Waals surface area contributed by atoms with Crippen molar-refractivity contribution in [1.29, 1.82) is 0 Å². The number of carbonyl (C=O) groups excluding carboxylic acids is 1. The number of benzene rings is 1. The average Bonchev–Trinajstić information content (AvgIpc) is 3.17. The molecule has 2 aromatic rings. The lowest BCUT2D eigenvalue weighted by molar-refractivity contribution is -0.146. The van der Waals surface area contributed by atoms with Crippen LogP contribution in [-0.4, -0.2) is 49.1 Å². The third-order valence-electron chi connectivity index (χ3n) is 6.46. The van der Waals surface area contributed by atoms with Gasteiger partial charge >= 0.3 is 5.97 Å². The molecule has 0 radical (unpaired) electrons. The number of esters is 1. The average molecular weight is 405 g/mol. The Morgan fingerprint density at radius 1 is 1.11 bits per heavy atom. The van der Waals surface area contributed by atoms with Gasteiger partial charge in [0, 0.05) is 30.2 Å². The first-order chi connectivity index (χ1) is 13.5. The van der Waals surface area contributed by atoms with Crippen molar-refractivity contribution >= 4 is 26.9 Å². The van der Waals surface area contributed by atoms with Gasteiger partial charge in [0.05, 0.1) is 18.3 Å².